The summed E-state index contributed by atoms with van der Waals surface area (Å²) in [5.41, 5.74) is 0.564. The van der Waals surface area contributed by atoms with Crippen LogP contribution in [0.4, 0.5) is 39.5 Å². The Morgan fingerprint density at radius 3 is 1.85 bits per heavy atom. The van der Waals surface area contributed by atoms with Gasteiger partial charge < -0.3 is 4.74 Å². The first-order valence-corrected chi connectivity index (χ1v) is 14.7. The minimum absolute atomic E-state index is 0.0866. The summed E-state index contributed by atoms with van der Waals surface area (Å²) in [7, 11) is 0. The van der Waals surface area contributed by atoms with Crippen molar-refractivity contribution in [2.24, 2.45) is 0 Å². The fraction of sp³-hybridized carbons (Fsp3) is 0.158. The van der Waals surface area contributed by atoms with E-state index in [9.17, 15) is 35.1 Å². The van der Waals surface area contributed by atoms with Gasteiger partial charge in [0.1, 0.15) is 34.6 Å². The second-order valence-corrected chi connectivity index (χ2v) is 11.0. The van der Waals surface area contributed by atoms with Gasteiger partial charge >= 0.3 is 6.11 Å². The van der Waals surface area contributed by atoms with Crippen LogP contribution in [0.5, 0.6) is 5.75 Å². The lowest BCUT2D eigenvalue weighted by Gasteiger charge is -2.20. The molecule has 246 valence electrons. The van der Waals surface area contributed by atoms with Crippen LogP contribution < -0.4 is 4.74 Å². The minimum Gasteiger partial charge on any atom is -0.429 e. The Kier molecular flexibility index (Phi) is 9.90. The van der Waals surface area contributed by atoms with Crippen molar-refractivity contribution in [3.05, 3.63) is 147 Å². The lowest BCUT2D eigenvalue weighted by atomic mass is 9.97. The second-order valence-electron chi connectivity index (χ2n) is 11.0. The molecular weight excluding hydrogens is 643 g/mol. The van der Waals surface area contributed by atoms with Gasteiger partial charge in [-0.25, -0.2) is 30.7 Å². The van der Waals surface area contributed by atoms with Gasteiger partial charge in [0.25, 0.3) is 0 Å². The molecule has 0 aliphatic carbocycles. The second kappa shape index (κ2) is 13.9. The highest BCUT2D eigenvalue weighted by atomic mass is 19.3. The molecule has 0 aromatic heterocycles. The summed E-state index contributed by atoms with van der Waals surface area (Å²) < 4.78 is 133. The van der Waals surface area contributed by atoms with Gasteiger partial charge in [-0.1, -0.05) is 49.5 Å². The zero-order chi connectivity index (χ0) is 34.7. The molecule has 0 N–H and O–H groups in total. The number of benzene rings is 5. The summed E-state index contributed by atoms with van der Waals surface area (Å²) in [6.45, 7) is 3.63. The van der Waals surface area contributed by atoms with Crippen molar-refractivity contribution in [3.8, 4) is 39.8 Å². The predicted molar refractivity (Wildman–Crippen MR) is 164 cm³/mol. The van der Waals surface area contributed by atoms with E-state index >= 15 is 4.39 Å². The van der Waals surface area contributed by atoms with E-state index in [1.807, 2.05) is 6.07 Å². The Morgan fingerprint density at radius 2 is 1.25 bits per heavy atom. The van der Waals surface area contributed by atoms with E-state index < -0.39 is 57.9 Å². The van der Waals surface area contributed by atoms with Gasteiger partial charge in [0.2, 0.25) is 0 Å². The third kappa shape index (κ3) is 7.36. The lowest BCUT2D eigenvalue weighted by Crippen LogP contribution is -2.25. The maximum absolute atomic E-state index is 15.2. The highest BCUT2D eigenvalue weighted by Crippen LogP contribution is 2.38. The van der Waals surface area contributed by atoms with E-state index in [-0.39, 0.29) is 29.1 Å². The zero-order valence-corrected chi connectivity index (χ0v) is 25.4. The van der Waals surface area contributed by atoms with Gasteiger partial charge in [-0.3, -0.25) is 0 Å². The smallest absolute Gasteiger partial charge is 0.429 e. The van der Waals surface area contributed by atoms with Crippen molar-refractivity contribution >= 4 is 0 Å². The van der Waals surface area contributed by atoms with Gasteiger partial charge in [-0.2, -0.15) is 8.78 Å². The average molecular weight is 669 g/mol. The zero-order valence-electron chi connectivity index (χ0n) is 25.4. The van der Waals surface area contributed by atoms with Gasteiger partial charge in [0.15, 0.2) is 17.5 Å². The summed E-state index contributed by atoms with van der Waals surface area (Å²) in [6.07, 6.45) is -2.01. The molecule has 0 bridgehead atoms. The number of hydrogen-bond acceptors (Lipinski definition) is 1. The first-order valence-electron chi connectivity index (χ1n) is 14.7. The van der Waals surface area contributed by atoms with Crippen LogP contribution in [-0.2, 0) is 12.5 Å². The molecule has 1 nitrogen and oxygen atoms in total. The van der Waals surface area contributed by atoms with E-state index in [1.54, 1.807) is 37.3 Å². The van der Waals surface area contributed by atoms with Gasteiger partial charge in [0.05, 0.1) is 0 Å². The van der Waals surface area contributed by atoms with Gasteiger partial charge in [-0.05, 0) is 84.5 Å². The summed E-state index contributed by atoms with van der Waals surface area (Å²) in [6, 6.07) is 15.3. The highest BCUT2D eigenvalue weighted by molar-refractivity contribution is 5.68. The number of ether oxygens (including phenoxy) is 1. The van der Waals surface area contributed by atoms with E-state index in [4.69, 9.17) is 0 Å². The molecule has 5 aromatic carbocycles. The topological polar surface area (TPSA) is 9.23 Å². The Bertz CT molecular complexity index is 2010. The standard InChI is InChI=1S/C38H25F9O/c1-3-4-5-23-9-13-28(30(39)15-23)24-10-6-22(7-11-24)8-12-25-16-31(40)29(14-21(25)2)26-17-32(41)36(33(42)18-26)38(46,47)48-27-19-34(43)37(45)35(44)20-27/h6-7,9-11,13-20H,3-5H2,1-2H3. The number of aryl methyl sites for hydroxylation is 2. The normalized spacial score (nSPS) is 11.3. The third-order valence-electron chi connectivity index (χ3n) is 7.55. The van der Waals surface area contributed by atoms with E-state index in [1.165, 1.54) is 12.1 Å². The molecule has 10 heteroatoms. The fourth-order valence-corrected chi connectivity index (χ4v) is 5.04. The van der Waals surface area contributed by atoms with Crippen LogP contribution in [0.2, 0.25) is 0 Å². The molecule has 5 rings (SSSR count). The molecule has 0 atom stereocenters. The number of hydrogen-bond donors (Lipinski definition) is 0. The average Bonchev–Trinajstić information content (AvgIpc) is 3.02. The summed E-state index contributed by atoms with van der Waals surface area (Å²) in [4.78, 5) is 0. The van der Waals surface area contributed by atoms with Crippen molar-refractivity contribution in [3.63, 3.8) is 0 Å². The minimum atomic E-state index is -4.79. The van der Waals surface area contributed by atoms with Crippen LogP contribution >= 0.6 is 0 Å². The van der Waals surface area contributed by atoms with Crippen LogP contribution in [0.3, 0.4) is 0 Å². The molecule has 0 saturated heterocycles. The molecule has 5 aromatic rings. The van der Waals surface area contributed by atoms with Crippen LogP contribution in [0.15, 0.2) is 78.9 Å². The molecule has 0 amide bonds. The van der Waals surface area contributed by atoms with Crippen LogP contribution in [0.25, 0.3) is 22.3 Å². The highest BCUT2D eigenvalue weighted by Gasteiger charge is 2.41. The number of halogens is 9. The Labute approximate surface area is 270 Å². The van der Waals surface area contributed by atoms with Gasteiger partial charge in [0, 0.05) is 34.4 Å². The molecule has 0 aliphatic heterocycles. The quantitative estimate of drug-likeness (QED) is 0.0909. The maximum Gasteiger partial charge on any atom is 0.432 e. The molecule has 0 heterocycles. The number of unbranched alkanes of at least 4 members (excludes halogenated alkanes) is 1. The molecule has 0 saturated carbocycles. The number of alkyl halides is 2. The van der Waals surface area contributed by atoms with Crippen molar-refractivity contribution in [1.82, 2.24) is 0 Å². The van der Waals surface area contributed by atoms with E-state index in [0.717, 1.165) is 30.9 Å². The monoisotopic (exact) mass is 668 g/mol. The third-order valence-corrected chi connectivity index (χ3v) is 7.55. The van der Waals surface area contributed by atoms with Gasteiger partial charge in [-0.15, -0.1) is 0 Å². The largest absolute Gasteiger partial charge is 0.432 e. The first kappa shape index (κ1) is 34.2. The molecule has 0 spiro atoms. The number of rotatable bonds is 8. The lowest BCUT2D eigenvalue weighted by molar-refractivity contribution is -0.189. The Morgan fingerprint density at radius 1 is 0.625 bits per heavy atom. The predicted octanol–water partition coefficient (Wildman–Crippen LogP) is 11.2. The maximum atomic E-state index is 15.2. The SMILES string of the molecule is CCCCc1ccc(-c2ccc(C#Cc3cc(F)c(-c4cc(F)c(C(F)(F)Oc5cc(F)c(F)c(F)c5)c(F)c4)cc3C)cc2)c(F)c1. The summed E-state index contributed by atoms with van der Waals surface area (Å²) in [5.74, 6) is -6.13. The fourth-order valence-electron chi connectivity index (χ4n) is 5.04. The first-order chi connectivity index (χ1) is 22.8. The Balaban J connectivity index is 1.36. The van der Waals surface area contributed by atoms with Crippen molar-refractivity contribution < 1.29 is 44.3 Å². The van der Waals surface area contributed by atoms with Crippen LogP contribution in [-0.4, -0.2) is 0 Å². The Hall–Kier alpha value is -5.17. The van der Waals surface area contributed by atoms with Crippen LogP contribution in [0, 0.1) is 59.5 Å². The summed E-state index contributed by atoms with van der Waals surface area (Å²) >= 11 is 0. The molecule has 0 aliphatic rings. The van der Waals surface area contributed by atoms with Crippen molar-refractivity contribution in [2.45, 2.75) is 39.2 Å². The van der Waals surface area contributed by atoms with Crippen molar-refractivity contribution in [2.75, 3.05) is 0 Å². The van der Waals surface area contributed by atoms with E-state index in [0.29, 0.717) is 34.4 Å². The molecule has 0 radical (unpaired) electrons. The summed E-state index contributed by atoms with van der Waals surface area (Å²) in [5, 5.41) is 0. The molecule has 48 heavy (non-hydrogen) atoms. The molecule has 0 unspecified atom stereocenters. The van der Waals surface area contributed by atoms with E-state index in [2.05, 4.69) is 23.5 Å². The molecule has 0 fully saturated rings. The van der Waals surface area contributed by atoms with Crippen molar-refractivity contribution in [1.29, 1.82) is 0 Å². The van der Waals surface area contributed by atoms with Crippen LogP contribution in [0.1, 0.15) is 47.6 Å². The molecular formula is C38H25F9O.